The van der Waals surface area contributed by atoms with Crippen molar-refractivity contribution in [3.8, 4) is 0 Å². The number of nitrogens with zero attached hydrogens (tertiary/aromatic N) is 2. The lowest BCUT2D eigenvalue weighted by Crippen LogP contribution is -2.35. The van der Waals surface area contributed by atoms with Gasteiger partial charge in [0.15, 0.2) is 5.03 Å². The molecule has 0 saturated heterocycles. The summed E-state index contributed by atoms with van der Waals surface area (Å²) in [7, 11) is -1.99. The van der Waals surface area contributed by atoms with E-state index in [9.17, 15) is 8.42 Å². The molecule has 18 heavy (non-hydrogen) atoms. The summed E-state index contributed by atoms with van der Waals surface area (Å²) in [6, 6.07) is -0.0531. The number of aromatic nitrogens is 2. The maximum atomic E-state index is 12.4. The second-order valence-corrected chi connectivity index (χ2v) is 6.41. The minimum absolute atomic E-state index is 0.0490. The van der Waals surface area contributed by atoms with Crippen LogP contribution in [0.25, 0.3) is 0 Å². The third kappa shape index (κ3) is 2.73. The van der Waals surface area contributed by atoms with E-state index in [0.29, 0.717) is 11.3 Å². The average molecular weight is 274 g/mol. The molecule has 0 aromatic carbocycles. The fourth-order valence-corrected chi connectivity index (χ4v) is 3.42. The summed E-state index contributed by atoms with van der Waals surface area (Å²) in [6.07, 6.45) is 1.75. The van der Waals surface area contributed by atoms with Crippen LogP contribution in [0.2, 0.25) is 0 Å². The Labute approximate surface area is 109 Å². The molecule has 0 spiro atoms. The Bertz CT molecular complexity index is 495. The molecular formula is C11H22N4O2S. The first-order valence-electron chi connectivity index (χ1n) is 6.08. The van der Waals surface area contributed by atoms with Gasteiger partial charge in [-0.05, 0) is 20.3 Å². The van der Waals surface area contributed by atoms with Gasteiger partial charge in [-0.3, -0.25) is 5.10 Å². The van der Waals surface area contributed by atoms with E-state index in [4.69, 9.17) is 5.73 Å². The van der Waals surface area contributed by atoms with E-state index >= 15 is 0 Å². The lowest BCUT2D eigenvalue weighted by atomic mass is 10.2. The zero-order chi connectivity index (χ0) is 13.9. The highest BCUT2D eigenvalue weighted by Gasteiger charge is 2.30. The van der Waals surface area contributed by atoms with Crippen LogP contribution in [-0.2, 0) is 16.6 Å². The number of rotatable bonds is 6. The van der Waals surface area contributed by atoms with Crippen molar-refractivity contribution in [3.63, 3.8) is 0 Å². The first-order valence-corrected chi connectivity index (χ1v) is 7.52. The van der Waals surface area contributed by atoms with E-state index in [2.05, 4.69) is 10.2 Å². The van der Waals surface area contributed by atoms with Crippen LogP contribution in [0.4, 0.5) is 0 Å². The number of hydrogen-bond donors (Lipinski definition) is 2. The largest absolute Gasteiger partial charge is 0.326 e. The molecule has 0 bridgehead atoms. The fraction of sp³-hybridized carbons (Fsp3) is 0.727. The summed E-state index contributed by atoms with van der Waals surface area (Å²) < 4.78 is 26.2. The van der Waals surface area contributed by atoms with Gasteiger partial charge in [0.25, 0.3) is 10.0 Å². The van der Waals surface area contributed by atoms with Crippen LogP contribution in [-0.4, -0.2) is 36.0 Å². The van der Waals surface area contributed by atoms with Crippen LogP contribution >= 0.6 is 0 Å². The molecule has 1 unspecified atom stereocenters. The van der Waals surface area contributed by atoms with Gasteiger partial charge in [-0.2, -0.15) is 9.40 Å². The van der Waals surface area contributed by atoms with E-state index in [0.717, 1.165) is 12.8 Å². The van der Waals surface area contributed by atoms with Crippen LogP contribution in [0.1, 0.15) is 37.9 Å². The number of H-pyrrole nitrogens is 1. The maximum absolute atomic E-state index is 12.4. The van der Waals surface area contributed by atoms with Gasteiger partial charge < -0.3 is 5.73 Å². The fourth-order valence-electron chi connectivity index (χ4n) is 1.86. The summed E-state index contributed by atoms with van der Waals surface area (Å²) in [4.78, 5) is 0. The molecule has 0 aliphatic heterocycles. The zero-order valence-corrected chi connectivity index (χ0v) is 12.2. The highest BCUT2D eigenvalue weighted by molar-refractivity contribution is 7.89. The molecule has 0 aliphatic carbocycles. The number of nitrogens with one attached hydrogen (secondary N) is 1. The highest BCUT2D eigenvalue weighted by atomic mass is 32.2. The molecule has 1 aromatic rings. The van der Waals surface area contributed by atoms with Gasteiger partial charge in [-0.25, -0.2) is 8.42 Å². The Morgan fingerprint density at radius 3 is 2.61 bits per heavy atom. The average Bonchev–Trinajstić information content (AvgIpc) is 2.70. The van der Waals surface area contributed by atoms with Gasteiger partial charge in [0.05, 0.1) is 0 Å². The van der Waals surface area contributed by atoms with Crippen molar-refractivity contribution in [2.45, 2.75) is 51.2 Å². The summed E-state index contributed by atoms with van der Waals surface area (Å²) in [5.41, 5.74) is 6.85. The topological polar surface area (TPSA) is 92.1 Å². The van der Waals surface area contributed by atoms with Crippen LogP contribution < -0.4 is 5.73 Å². The van der Waals surface area contributed by atoms with E-state index in [1.165, 1.54) is 4.31 Å². The quantitative estimate of drug-likeness (QED) is 0.809. The number of aromatic amines is 1. The van der Waals surface area contributed by atoms with Crippen molar-refractivity contribution < 1.29 is 8.42 Å². The second-order valence-electron chi connectivity index (χ2n) is 4.50. The summed E-state index contributed by atoms with van der Waals surface area (Å²) >= 11 is 0. The van der Waals surface area contributed by atoms with Crippen LogP contribution in [0.15, 0.2) is 5.03 Å². The number of sulfonamides is 1. The van der Waals surface area contributed by atoms with Crippen molar-refractivity contribution in [3.05, 3.63) is 11.3 Å². The normalized spacial score (nSPS) is 14.1. The van der Waals surface area contributed by atoms with Crippen LogP contribution in [0, 0.1) is 6.92 Å². The molecule has 1 rings (SSSR count). The molecule has 1 atom stereocenters. The van der Waals surface area contributed by atoms with Crippen molar-refractivity contribution in [1.29, 1.82) is 0 Å². The molecule has 6 nitrogen and oxygen atoms in total. The molecule has 0 aliphatic rings. The molecule has 0 saturated carbocycles. The van der Waals surface area contributed by atoms with Gasteiger partial charge >= 0.3 is 0 Å². The van der Waals surface area contributed by atoms with E-state index < -0.39 is 10.0 Å². The van der Waals surface area contributed by atoms with Gasteiger partial charge in [0.2, 0.25) is 0 Å². The number of aryl methyl sites for hydroxylation is 1. The van der Waals surface area contributed by atoms with Crippen LogP contribution in [0.5, 0.6) is 0 Å². The van der Waals surface area contributed by atoms with Crippen molar-refractivity contribution in [1.82, 2.24) is 14.5 Å². The molecule has 104 valence electrons. The van der Waals surface area contributed by atoms with E-state index in [-0.39, 0.29) is 17.6 Å². The number of nitrogens with two attached hydrogens (primary N) is 1. The van der Waals surface area contributed by atoms with Gasteiger partial charge in [-0.1, -0.05) is 13.3 Å². The van der Waals surface area contributed by atoms with Crippen molar-refractivity contribution in [2.24, 2.45) is 5.73 Å². The Morgan fingerprint density at radius 2 is 2.11 bits per heavy atom. The maximum Gasteiger partial charge on any atom is 0.262 e. The Kier molecular flexibility index (Phi) is 4.89. The van der Waals surface area contributed by atoms with Gasteiger partial charge in [0.1, 0.15) is 0 Å². The van der Waals surface area contributed by atoms with Gasteiger partial charge in [0, 0.05) is 30.9 Å². The minimum Gasteiger partial charge on any atom is -0.326 e. The SMILES string of the molecule is CCCC(C)N(C)S(=O)(=O)c1n[nH]c(C)c1CN. The predicted octanol–water partition coefficient (Wildman–Crippen LogP) is 0.986. The smallest absolute Gasteiger partial charge is 0.262 e. The lowest BCUT2D eigenvalue weighted by Gasteiger charge is -2.23. The second kappa shape index (κ2) is 5.81. The Balaban J connectivity index is 3.13. The first-order chi connectivity index (χ1) is 8.36. The standard InChI is InChI=1S/C11H22N4O2S/c1-5-6-8(2)15(4)18(16,17)11-10(7-12)9(3)13-14-11/h8H,5-7,12H2,1-4H3,(H,13,14). The first kappa shape index (κ1) is 15.1. The van der Waals surface area contributed by atoms with E-state index in [1.807, 2.05) is 13.8 Å². The third-order valence-electron chi connectivity index (χ3n) is 3.19. The third-order valence-corrected chi connectivity index (χ3v) is 5.14. The predicted molar refractivity (Wildman–Crippen MR) is 70.5 cm³/mol. The Hall–Kier alpha value is -0.920. The molecule has 0 radical (unpaired) electrons. The molecule has 7 heteroatoms. The monoisotopic (exact) mass is 274 g/mol. The molecule has 3 N–H and O–H groups in total. The summed E-state index contributed by atoms with van der Waals surface area (Å²) in [6.45, 7) is 5.85. The molecule has 1 aromatic heterocycles. The zero-order valence-electron chi connectivity index (χ0n) is 11.4. The molecule has 0 fully saturated rings. The van der Waals surface area contributed by atoms with Crippen molar-refractivity contribution >= 4 is 10.0 Å². The number of hydrogen-bond acceptors (Lipinski definition) is 4. The molecule has 1 heterocycles. The highest BCUT2D eigenvalue weighted by Crippen LogP contribution is 2.21. The Morgan fingerprint density at radius 1 is 1.50 bits per heavy atom. The van der Waals surface area contributed by atoms with Gasteiger partial charge in [-0.15, -0.1) is 0 Å². The lowest BCUT2D eigenvalue weighted by molar-refractivity contribution is 0.367. The molecule has 0 amide bonds. The summed E-state index contributed by atoms with van der Waals surface area (Å²) in [5.74, 6) is 0. The summed E-state index contributed by atoms with van der Waals surface area (Å²) in [5, 5.41) is 6.62. The van der Waals surface area contributed by atoms with Crippen molar-refractivity contribution in [2.75, 3.05) is 7.05 Å². The van der Waals surface area contributed by atoms with E-state index in [1.54, 1.807) is 14.0 Å². The minimum atomic E-state index is -3.57. The molecular weight excluding hydrogens is 252 g/mol. The van der Waals surface area contributed by atoms with Crippen LogP contribution in [0.3, 0.4) is 0 Å².